The van der Waals surface area contributed by atoms with Gasteiger partial charge in [0.05, 0.1) is 6.07 Å². The number of hydrogen-bond donors (Lipinski definition) is 0. The van der Waals surface area contributed by atoms with Crippen LogP contribution in [-0.2, 0) is 13.0 Å². The Morgan fingerprint density at radius 2 is 2.05 bits per heavy atom. The minimum atomic E-state index is -0.181. The highest BCUT2D eigenvalue weighted by Crippen LogP contribution is 2.25. The SMILES string of the molecule is C=CCn1c(C)nnc1SC(C#N)Cc1ccc(C)cc1. The Kier molecular flexibility index (Phi) is 5.18. The molecule has 108 valence electrons. The third-order valence-electron chi connectivity index (χ3n) is 3.15. The number of aromatic nitrogens is 3. The summed E-state index contributed by atoms with van der Waals surface area (Å²) in [5.74, 6) is 0.837. The number of aryl methyl sites for hydroxylation is 2. The lowest BCUT2D eigenvalue weighted by Gasteiger charge is -2.10. The van der Waals surface area contributed by atoms with Crippen LogP contribution in [-0.4, -0.2) is 20.0 Å². The second-order valence-corrected chi connectivity index (χ2v) is 6.02. The van der Waals surface area contributed by atoms with Gasteiger partial charge in [0.1, 0.15) is 11.1 Å². The van der Waals surface area contributed by atoms with Gasteiger partial charge in [0.25, 0.3) is 0 Å². The average molecular weight is 298 g/mol. The molecular formula is C16H18N4S. The third kappa shape index (κ3) is 3.96. The van der Waals surface area contributed by atoms with E-state index in [1.165, 1.54) is 17.3 Å². The van der Waals surface area contributed by atoms with Crippen molar-refractivity contribution in [2.45, 2.75) is 37.2 Å². The van der Waals surface area contributed by atoms with E-state index in [9.17, 15) is 5.26 Å². The van der Waals surface area contributed by atoms with Gasteiger partial charge in [-0.1, -0.05) is 47.7 Å². The first kappa shape index (κ1) is 15.3. The van der Waals surface area contributed by atoms with E-state index < -0.39 is 0 Å². The van der Waals surface area contributed by atoms with E-state index in [1.807, 2.05) is 17.6 Å². The van der Waals surface area contributed by atoms with E-state index >= 15 is 0 Å². The molecule has 0 saturated carbocycles. The Morgan fingerprint density at radius 1 is 1.33 bits per heavy atom. The molecule has 2 aromatic rings. The maximum Gasteiger partial charge on any atom is 0.192 e. The first-order chi connectivity index (χ1) is 10.1. The number of nitriles is 1. The maximum absolute atomic E-state index is 9.38. The van der Waals surface area contributed by atoms with Gasteiger partial charge in [-0.3, -0.25) is 0 Å². The zero-order valence-corrected chi connectivity index (χ0v) is 13.1. The number of thioether (sulfide) groups is 1. The van der Waals surface area contributed by atoms with Gasteiger partial charge in [-0.15, -0.1) is 16.8 Å². The summed E-state index contributed by atoms with van der Waals surface area (Å²) in [5, 5.41) is 18.2. The molecule has 0 aliphatic carbocycles. The van der Waals surface area contributed by atoms with Crippen LogP contribution in [0, 0.1) is 25.2 Å². The number of rotatable bonds is 6. The van der Waals surface area contributed by atoms with E-state index in [0.717, 1.165) is 16.5 Å². The summed E-state index contributed by atoms with van der Waals surface area (Å²) >= 11 is 1.46. The monoisotopic (exact) mass is 298 g/mol. The Hall–Kier alpha value is -2.06. The first-order valence-electron chi connectivity index (χ1n) is 6.76. The molecule has 0 N–H and O–H groups in total. The number of allylic oxidation sites excluding steroid dienone is 1. The molecule has 1 aromatic heterocycles. The predicted molar refractivity (Wildman–Crippen MR) is 85.1 cm³/mol. The molecule has 0 aliphatic heterocycles. The molecule has 1 aromatic carbocycles. The molecule has 1 heterocycles. The van der Waals surface area contributed by atoms with E-state index in [-0.39, 0.29) is 5.25 Å². The van der Waals surface area contributed by atoms with Gasteiger partial charge in [-0.25, -0.2) is 0 Å². The van der Waals surface area contributed by atoms with Crippen molar-refractivity contribution in [1.29, 1.82) is 5.26 Å². The van der Waals surface area contributed by atoms with E-state index in [4.69, 9.17) is 0 Å². The van der Waals surface area contributed by atoms with Crippen LogP contribution in [0.25, 0.3) is 0 Å². The van der Waals surface area contributed by atoms with Crippen LogP contribution in [0.4, 0.5) is 0 Å². The van der Waals surface area contributed by atoms with E-state index in [0.29, 0.717) is 13.0 Å². The van der Waals surface area contributed by atoms with Gasteiger partial charge in [0, 0.05) is 6.54 Å². The Labute approximate surface area is 129 Å². The molecule has 0 aliphatic rings. The van der Waals surface area contributed by atoms with Crippen LogP contribution >= 0.6 is 11.8 Å². The van der Waals surface area contributed by atoms with Crippen molar-refractivity contribution in [1.82, 2.24) is 14.8 Å². The molecule has 0 bridgehead atoms. The molecule has 0 saturated heterocycles. The molecule has 1 atom stereocenters. The second kappa shape index (κ2) is 7.09. The topological polar surface area (TPSA) is 54.5 Å². The number of hydrogen-bond acceptors (Lipinski definition) is 4. The molecule has 4 nitrogen and oxygen atoms in total. The van der Waals surface area contributed by atoms with Crippen molar-refractivity contribution in [3.63, 3.8) is 0 Å². The maximum atomic E-state index is 9.38. The summed E-state index contributed by atoms with van der Waals surface area (Å²) in [6.07, 6.45) is 2.50. The van der Waals surface area contributed by atoms with Crippen molar-refractivity contribution >= 4 is 11.8 Å². The summed E-state index contributed by atoms with van der Waals surface area (Å²) in [7, 11) is 0. The molecule has 0 spiro atoms. The normalized spacial score (nSPS) is 11.9. The van der Waals surface area contributed by atoms with Crippen LogP contribution in [0.5, 0.6) is 0 Å². The second-order valence-electron chi connectivity index (χ2n) is 4.85. The van der Waals surface area contributed by atoms with Crippen molar-refractivity contribution in [3.8, 4) is 6.07 Å². The van der Waals surface area contributed by atoms with Crippen molar-refractivity contribution in [2.24, 2.45) is 0 Å². The summed E-state index contributed by atoms with van der Waals surface area (Å²) in [5.41, 5.74) is 2.38. The lowest BCUT2D eigenvalue weighted by molar-refractivity contribution is 0.702. The number of benzene rings is 1. The minimum Gasteiger partial charge on any atom is -0.302 e. The lowest BCUT2D eigenvalue weighted by Crippen LogP contribution is -2.07. The van der Waals surface area contributed by atoms with E-state index in [2.05, 4.69) is 54.0 Å². The van der Waals surface area contributed by atoms with E-state index in [1.54, 1.807) is 0 Å². The van der Waals surface area contributed by atoms with Gasteiger partial charge >= 0.3 is 0 Å². The van der Waals surface area contributed by atoms with Crippen LogP contribution in [0.1, 0.15) is 17.0 Å². The van der Waals surface area contributed by atoms with Gasteiger partial charge in [0.2, 0.25) is 0 Å². The zero-order valence-electron chi connectivity index (χ0n) is 12.3. The molecule has 21 heavy (non-hydrogen) atoms. The van der Waals surface area contributed by atoms with Crippen molar-refractivity contribution < 1.29 is 0 Å². The minimum absolute atomic E-state index is 0.181. The van der Waals surface area contributed by atoms with Gasteiger partial charge in [-0.2, -0.15) is 5.26 Å². The van der Waals surface area contributed by atoms with Gasteiger partial charge in [-0.05, 0) is 25.8 Å². The summed E-state index contributed by atoms with van der Waals surface area (Å²) in [6, 6.07) is 10.6. The fraction of sp³-hybridized carbons (Fsp3) is 0.312. The first-order valence-corrected chi connectivity index (χ1v) is 7.64. The largest absolute Gasteiger partial charge is 0.302 e. The Morgan fingerprint density at radius 3 is 2.67 bits per heavy atom. The van der Waals surface area contributed by atoms with Gasteiger partial charge in [0.15, 0.2) is 5.16 Å². The molecule has 0 amide bonds. The van der Waals surface area contributed by atoms with Crippen LogP contribution in [0.15, 0.2) is 42.1 Å². The highest BCUT2D eigenvalue weighted by molar-refractivity contribution is 8.00. The molecule has 2 rings (SSSR count). The van der Waals surface area contributed by atoms with Crippen LogP contribution in [0.2, 0.25) is 0 Å². The fourth-order valence-corrected chi connectivity index (χ4v) is 2.97. The summed E-state index contributed by atoms with van der Waals surface area (Å²) in [6.45, 7) is 8.36. The van der Waals surface area contributed by atoms with Crippen LogP contribution < -0.4 is 0 Å². The summed E-state index contributed by atoms with van der Waals surface area (Å²) < 4.78 is 1.97. The molecule has 1 unspecified atom stereocenters. The highest BCUT2D eigenvalue weighted by atomic mass is 32.2. The average Bonchev–Trinajstić information content (AvgIpc) is 2.82. The fourth-order valence-electron chi connectivity index (χ4n) is 1.97. The Bertz CT molecular complexity index is 652. The highest BCUT2D eigenvalue weighted by Gasteiger charge is 2.16. The summed E-state index contributed by atoms with van der Waals surface area (Å²) in [4.78, 5) is 0. The predicted octanol–water partition coefficient (Wildman–Crippen LogP) is 3.31. The number of nitrogens with zero attached hydrogens (tertiary/aromatic N) is 4. The molecular weight excluding hydrogens is 280 g/mol. The van der Waals surface area contributed by atoms with Gasteiger partial charge < -0.3 is 4.57 Å². The molecule has 0 radical (unpaired) electrons. The third-order valence-corrected chi connectivity index (χ3v) is 4.22. The van der Waals surface area contributed by atoms with Crippen molar-refractivity contribution in [3.05, 3.63) is 53.9 Å². The van der Waals surface area contributed by atoms with Crippen LogP contribution in [0.3, 0.4) is 0 Å². The molecule has 0 fully saturated rings. The zero-order chi connectivity index (χ0) is 15.2. The lowest BCUT2D eigenvalue weighted by atomic mass is 10.1. The Balaban J connectivity index is 2.11. The van der Waals surface area contributed by atoms with Crippen molar-refractivity contribution in [2.75, 3.05) is 0 Å². The molecule has 5 heteroatoms. The smallest absolute Gasteiger partial charge is 0.192 e. The standard InChI is InChI=1S/C16H18N4S/c1-4-9-20-13(3)18-19-16(20)21-15(11-17)10-14-7-5-12(2)6-8-14/h4-8,15H,1,9-10H2,2-3H3. The quantitative estimate of drug-likeness (QED) is 0.606.